The number of carbonyl (C=O) groups excluding carboxylic acids is 2. The molecule has 3 heterocycles. The summed E-state index contributed by atoms with van der Waals surface area (Å²) in [5.74, 6) is -0.134. The Hall–Kier alpha value is -2.38. The highest BCUT2D eigenvalue weighted by molar-refractivity contribution is 5.76. The molecule has 2 saturated heterocycles. The predicted octanol–water partition coefficient (Wildman–Crippen LogP) is 1.55. The Morgan fingerprint density at radius 3 is 2.67 bits per heavy atom. The zero-order valence-electron chi connectivity index (χ0n) is 16.3. The molecule has 0 aliphatic carbocycles. The third-order valence-electron chi connectivity index (χ3n) is 5.55. The lowest BCUT2D eigenvalue weighted by Crippen LogP contribution is -2.50. The van der Waals surface area contributed by atoms with Crippen LogP contribution in [0.15, 0.2) is 16.9 Å². The molecule has 8 heteroatoms. The molecule has 2 amide bonds. The Bertz CT molecular complexity index is 767. The SMILES string of the molecule is CCCC(C)N1CC2(CCN(C(=O)Cn3nc(C)ccc3=O)CC2)OC1=O. The Balaban J connectivity index is 1.59. The lowest BCUT2D eigenvalue weighted by Gasteiger charge is -2.37. The molecule has 8 nitrogen and oxygen atoms in total. The van der Waals surface area contributed by atoms with E-state index in [2.05, 4.69) is 18.9 Å². The topological polar surface area (TPSA) is 84.7 Å². The smallest absolute Gasteiger partial charge is 0.410 e. The summed E-state index contributed by atoms with van der Waals surface area (Å²) >= 11 is 0. The van der Waals surface area contributed by atoms with E-state index in [1.165, 1.54) is 10.7 Å². The molecule has 0 saturated carbocycles. The molecule has 0 N–H and O–H groups in total. The van der Waals surface area contributed by atoms with Crippen LogP contribution in [0.25, 0.3) is 0 Å². The van der Waals surface area contributed by atoms with Crippen molar-refractivity contribution in [3.8, 4) is 0 Å². The molecular formula is C19H28N4O4. The number of aromatic nitrogens is 2. The Morgan fingerprint density at radius 1 is 1.30 bits per heavy atom. The fraction of sp³-hybridized carbons (Fsp3) is 0.684. The molecule has 1 aromatic heterocycles. The molecule has 0 radical (unpaired) electrons. The number of likely N-dealkylation sites (tertiary alicyclic amines) is 1. The second-order valence-electron chi connectivity index (χ2n) is 7.67. The minimum absolute atomic E-state index is 0.0625. The van der Waals surface area contributed by atoms with Gasteiger partial charge in [0, 0.05) is 38.0 Å². The number of piperidine rings is 1. The molecular weight excluding hydrogens is 348 g/mol. The highest BCUT2D eigenvalue weighted by atomic mass is 16.6. The Labute approximate surface area is 159 Å². The summed E-state index contributed by atoms with van der Waals surface area (Å²) in [7, 11) is 0. The lowest BCUT2D eigenvalue weighted by molar-refractivity contribution is -0.135. The average molecular weight is 376 g/mol. The second-order valence-corrected chi connectivity index (χ2v) is 7.67. The van der Waals surface area contributed by atoms with Gasteiger partial charge in [-0.05, 0) is 26.3 Å². The van der Waals surface area contributed by atoms with Crippen LogP contribution in [-0.2, 0) is 16.1 Å². The molecule has 2 aliphatic rings. The fourth-order valence-corrected chi connectivity index (χ4v) is 3.88. The maximum atomic E-state index is 12.6. The summed E-state index contributed by atoms with van der Waals surface area (Å²) in [5, 5.41) is 4.12. The molecule has 0 bridgehead atoms. The van der Waals surface area contributed by atoms with E-state index in [4.69, 9.17) is 4.74 Å². The van der Waals surface area contributed by atoms with Crippen LogP contribution in [0.4, 0.5) is 4.79 Å². The fourth-order valence-electron chi connectivity index (χ4n) is 3.88. The normalized spacial score (nSPS) is 20.0. The lowest BCUT2D eigenvalue weighted by atomic mass is 9.91. The molecule has 2 aliphatic heterocycles. The monoisotopic (exact) mass is 376 g/mol. The first-order valence-corrected chi connectivity index (χ1v) is 9.66. The van der Waals surface area contributed by atoms with E-state index in [1.54, 1.807) is 17.9 Å². The van der Waals surface area contributed by atoms with Gasteiger partial charge in [0.15, 0.2) is 0 Å². The van der Waals surface area contributed by atoms with Crippen molar-refractivity contribution in [2.75, 3.05) is 19.6 Å². The number of ether oxygens (including phenoxy) is 1. The number of rotatable bonds is 5. The van der Waals surface area contributed by atoms with Crippen molar-refractivity contribution in [3.05, 3.63) is 28.2 Å². The van der Waals surface area contributed by atoms with E-state index in [-0.39, 0.29) is 30.1 Å². The molecule has 1 spiro atoms. The van der Waals surface area contributed by atoms with E-state index in [0.29, 0.717) is 38.2 Å². The maximum Gasteiger partial charge on any atom is 0.410 e. The number of carbonyl (C=O) groups is 2. The van der Waals surface area contributed by atoms with Gasteiger partial charge >= 0.3 is 6.09 Å². The van der Waals surface area contributed by atoms with Gasteiger partial charge in [-0.25, -0.2) is 9.48 Å². The summed E-state index contributed by atoms with van der Waals surface area (Å²) in [6.45, 7) is 7.50. The van der Waals surface area contributed by atoms with Crippen LogP contribution in [0.2, 0.25) is 0 Å². The van der Waals surface area contributed by atoms with Crippen LogP contribution in [-0.4, -0.2) is 62.9 Å². The van der Waals surface area contributed by atoms with Gasteiger partial charge in [0.25, 0.3) is 5.56 Å². The third kappa shape index (κ3) is 4.14. The summed E-state index contributed by atoms with van der Waals surface area (Å²) in [6.07, 6.45) is 2.97. The van der Waals surface area contributed by atoms with Gasteiger partial charge in [-0.2, -0.15) is 5.10 Å². The average Bonchev–Trinajstić information content (AvgIpc) is 2.95. The minimum atomic E-state index is -0.492. The van der Waals surface area contributed by atoms with Crippen LogP contribution >= 0.6 is 0 Å². The standard InChI is InChI=1S/C19H28N4O4/c1-4-5-15(3)22-13-19(27-18(22)26)8-10-21(11-9-19)17(25)12-23-16(24)7-6-14(2)20-23/h6-7,15H,4-5,8-13H2,1-3H3. The number of aryl methyl sites for hydroxylation is 1. The maximum absolute atomic E-state index is 12.6. The first kappa shape index (κ1) is 19.4. The highest BCUT2D eigenvalue weighted by Gasteiger charge is 2.48. The van der Waals surface area contributed by atoms with E-state index < -0.39 is 5.60 Å². The summed E-state index contributed by atoms with van der Waals surface area (Å²) in [5.41, 5.74) is -0.0826. The summed E-state index contributed by atoms with van der Waals surface area (Å²) < 4.78 is 6.93. The van der Waals surface area contributed by atoms with Gasteiger partial charge in [-0.3, -0.25) is 9.59 Å². The van der Waals surface area contributed by atoms with Gasteiger partial charge in [0.05, 0.1) is 12.2 Å². The molecule has 148 valence electrons. The summed E-state index contributed by atoms with van der Waals surface area (Å²) in [4.78, 5) is 40.2. The number of hydrogen-bond acceptors (Lipinski definition) is 5. The van der Waals surface area contributed by atoms with Crippen LogP contribution in [0, 0.1) is 6.92 Å². The zero-order valence-corrected chi connectivity index (χ0v) is 16.3. The molecule has 1 aromatic rings. The largest absolute Gasteiger partial charge is 0.441 e. The Kier molecular flexibility index (Phi) is 5.53. The van der Waals surface area contributed by atoms with Crippen LogP contribution in [0.3, 0.4) is 0 Å². The van der Waals surface area contributed by atoms with Crippen molar-refractivity contribution >= 4 is 12.0 Å². The van der Waals surface area contributed by atoms with Crippen molar-refractivity contribution in [1.29, 1.82) is 0 Å². The van der Waals surface area contributed by atoms with Gasteiger partial charge in [-0.1, -0.05) is 13.3 Å². The zero-order chi connectivity index (χ0) is 19.6. The molecule has 0 aromatic carbocycles. The van der Waals surface area contributed by atoms with Gasteiger partial charge < -0.3 is 14.5 Å². The summed E-state index contributed by atoms with van der Waals surface area (Å²) in [6, 6.07) is 3.22. The van der Waals surface area contributed by atoms with Gasteiger partial charge in [0.1, 0.15) is 12.1 Å². The van der Waals surface area contributed by atoms with Gasteiger partial charge in [-0.15, -0.1) is 0 Å². The van der Waals surface area contributed by atoms with Crippen molar-refractivity contribution in [3.63, 3.8) is 0 Å². The van der Waals surface area contributed by atoms with E-state index >= 15 is 0 Å². The van der Waals surface area contributed by atoms with Crippen molar-refractivity contribution in [1.82, 2.24) is 19.6 Å². The van der Waals surface area contributed by atoms with Crippen LogP contribution < -0.4 is 5.56 Å². The predicted molar refractivity (Wildman–Crippen MR) is 99.3 cm³/mol. The van der Waals surface area contributed by atoms with Crippen LogP contribution in [0.5, 0.6) is 0 Å². The molecule has 3 rings (SSSR count). The van der Waals surface area contributed by atoms with Gasteiger partial charge in [0.2, 0.25) is 5.91 Å². The van der Waals surface area contributed by atoms with Crippen LogP contribution in [0.1, 0.15) is 45.2 Å². The number of amides is 2. The first-order valence-electron chi connectivity index (χ1n) is 9.66. The second kappa shape index (κ2) is 7.70. The molecule has 27 heavy (non-hydrogen) atoms. The first-order chi connectivity index (χ1) is 12.8. The van der Waals surface area contributed by atoms with Crippen molar-refractivity contribution in [2.24, 2.45) is 0 Å². The Morgan fingerprint density at radius 2 is 2.00 bits per heavy atom. The van der Waals surface area contributed by atoms with Crippen molar-refractivity contribution in [2.45, 2.75) is 64.6 Å². The highest BCUT2D eigenvalue weighted by Crippen LogP contribution is 2.34. The van der Waals surface area contributed by atoms with E-state index in [9.17, 15) is 14.4 Å². The number of nitrogens with zero attached hydrogens (tertiary/aromatic N) is 4. The number of hydrogen-bond donors (Lipinski definition) is 0. The van der Waals surface area contributed by atoms with Crippen molar-refractivity contribution < 1.29 is 14.3 Å². The quantitative estimate of drug-likeness (QED) is 0.778. The third-order valence-corrected chi connectivity index (χ3v) is 5.55. The molecule has 1 unspecified atom stereocenters. The van der Waals surface area contributed by atoms with E-state index in [0.717, 1.165) is 12.8 Å². The van der Waals surface area contributed by atoms with E-state index in [1.807, 2.05) is 4.90 Å². The molecule has 1 atom stereocenters. The minimum Gasteiger partial charge on any atom is -0.441 e. The molecule has 2 fully saturated rings.